The first-order chi connectivity index (χ1) is 15.4. The number of rotatable bonds is 3. The van der Waals surface area contributed by atoms with Crippen molar-refractivity contribution in [2.24, 2.45) is 0 Å². The van der Waals surface area contributed by atoms with Crippen LogP contribution in [-0.2, 0) is 6.18 Å². The third-order valence-electron chi connectivity index (χ3n) is 5.03. The summed E-state index contributed by atoms with van der Waals surface area (Å²) >= 11 is 0. The zero-order valence-electron chi connectivity index (χ0n) is 17.2. The number of pyridine rings is 2. The third-order valence-corrected chi connectivity index (χ3v) is 5.03. The maximum absolute atomic E-state index is 13.1. The van der Waals surface area contributed by atoms with E-state index < -0.39 is 17.9 Å². The summed E-state index contributed by atoms with van der Waals surface area (Å²) in [7, 11) is 0. The number of halogens is 3. The van der Waals surface area contributed by atoms with E-state index in [2.05, 4.69) is 30.2 Å². The van der Waals surface area contributed by atoms with Crippen LogP contribution in [0.25, 0.3) is 11.3 Å². The molecule has 2 amide bonds. The summed E-state index contributed by atoms with van der Waals surface area (Å²) in [6.07, 6.45) is 1.61. The van der Waals surface area contributed by atoms with E-state index in [-0.39, 0.29) is 11.4 Å². The molecule has 4 rings (SSSR count). The van der Waals surface area contributed by atoms with Crippen molar-refractivity contribution in [3.05, 3.63) is 54.7 Å². The minimum absolute atomic E-state index is 0.261. The van der Waals surface area contributed by atoms with Gasteiger partial charge in [-0.1, -0.05) is 0 Å². The van der Waals surface area contributed by atoms with Gasteiger partial charge in [0, 0.05) is 43.8 Å². The molecular weight excluding hydrogens is 423 g/mol. The summed E-state index contributed by atoms with van der Waals surface area (Å²) in [6, 6.07) is 5.40. The molecule has 1 N–H and O–H groups in total. The van der Waals surface area contributed by atoms with Crippen LogP contribution in [0.2, 0.25) is 0 Å². The van der Waals surface area contributed by atoms with Crippen molar-refractivity contribution in [1.29, 1.82) is 0 Å². The van der Waals surface area contributed by atoms with Gasteiger partial charge in [-0.2, -0.15) is 13.2 Å². The molecule has 32 heavy (non-hydrogen) atoms. The molecule has 3 aromatic rings. The molecule has 11 heteroatoms. The Labute approximate surface area is 182 Å². The molecule has 0 aliphatic carbocycles. The SMILES string of the molecule is CCN1CCCN(C(=O)Nc2cnccn2)c2nc(-c3ccnc(C(F)(F)F)c3)ccc21. The molecule has 3 aromatic heterocycles. The number of carbonyl (C=O) groups excluding carboxylic acids is 1. The summed E-state index contributed by atoms with van der Waals surface area (Å²) < 4.78 is 39.4. The van der Waals surface area contributed by atoms with Crippen LogP contribution in [0.1, 0.15) is 19.0 Å². The Morgan fingerprint density at radius 1 is 1.12 bits per heavy atom. The lowest BCUT2D eigenvalue weighted by Crippen LogP contribution is -2.36. The lowest BCUT2D eigenvalue weighted by molar-refractivity contribution is -0.141. The molecule has 0 fully saturated rings. The van der Waals surface area contributed by atoms with E-state index in [1.807, 2.05) is 6.92 Å². The van der Waals surface area contributed by atoms with Crippen LogP contribution >= 0.6 is 0 Å². The molecule has 0 radical (unpaired) electrons. The molecule has 0 aromatic carbocycles. The van der Waals surface area contributed by atoms with Crippen LogP contribution in [0.3, 0.4) is 0 Å². The van der Waals surface area contributed by atoms with Crippen LogP contribution in [0.5, 0.6) is 0 Å². The highest BCUT2D eigenvalue weighted by Crippen LogP contribution is 2.35. The molecule has 0 bridgehead atoms. The Morgan fingerprint density at radius 2 is 1.97 bits per heavy atom. The van der Waals surface area contributed by atoms with Crippen LogP contribution in [0.4, 0.5) is 35.3 Å². The fourth-order valence-electron chi connectivity index (χ4n) is 3.51. The lowest BCUT2D eigenvalue weighted by Gasteiger charge is -2.25. The van der Waals surface area contributed by atoms with Crippen LogP contribution < -0.4 is 15.1 Å². The normalized spacial score (nSPS) is 14.0. The standard InChI is InChI=1S/C21H20F3N7O/c1-2-30-10-3-11-31(20(32)29-18-13-25-8-9-27-18)19-16(30)5-4-15(28-19)14-6-7-26-17(12-14)21(22,23)24/h4-9,12-13H,2-3,10-11H2,1H3,(H,27,29,32). The fraction of sp³-hybridized carbons (Fsp3) is 0.286. The highest BCUT2D eigenvalue weighted by atomic mass is 19.4. The quantitative estimate of drug-likeness (QED) is 0.652. The zero-order chi connectivity index (χ0) is 22.7. The van der Waals surface area contributed by atoms with Gasteiger partial charge in [-0.05, 0) is 37.6 Å². The van der Waals surface area contributed by atoms with Gasteiger partial charge < -0.3 is 4.90 Å². The van der Waals surface area contributed by atoms with Crippen molar-refractivity contribution >= 4 is 23.4 Å². The molecule has 8 nitrogen and oxygen atoms in total. The van der Waals surface area contributed by atoms with E-state index in [1.165, 1.54) is 29.6 Å². The molecule has 166 valence electrons. The highest BCUT2D eigenvalue weighted by molar-refractivity contribution is 6.02. The van der Waals surface area contributed by atoms with Gasteiger partial charge in [0.05, 0.1) is 17.6 Å². The van der Waals surface area contributed by atoms with E-state index in [1.54, 1.807) is 12.1 Å². The average Bonchev–Trinajstić information content (AvgIpc) is 2.98. The average molecular weight is 443 g/mol. The van der Waals surface area contributed by atoms with Crippen molar-refractivity contribution in [1.82, 2.24) is 19.9 Å². The summed E-state index contributed by atoms with van der Waals surface area (Å²) in [5.41, 5.74) is 0.302. The second-order valence-electron chi connectivity index (χ2n) is 7.07. The number of nitrogens with zero attached hydrogens (tertiary/aromatic N) is 6. The van der Waals surface area contributed by atoms with Crippen molar-refractivity contribution < 1.29 is 18.0 Å². The van der Waals surface area contributed by atoms with E-state index in [0.717, 1.165) is 18.0 Å². The molecule has 4 heterocycles. The van der Waals surface area contributed by atoms with Gasteiger partial charge in [0.25, 0.3) is 0 Å². The first kappa shape index (κ1) is 21.5. The second-order valence-corrected chi connectivity index (χ2v) is 7.07. The second kappa shape index (κ2) is 8.77. The number of nitrogens with one attached hydrogen (secondary N) is 1. The summed E-state index contributed by atoms with van der Waals surface area (Å²) in [5, 5.41) is 2.70. The van der Waals surface area contributed by atoms with Gasteiger partial charge in [-0.3, -0.25) is 20.2 Å². The monoisotopic (exact) mass is 443 g/mol. The minimum atomic E-state index is -4.57. The zero-order valence-corrected chi connectivity index (χ0v) is 17.2. The van der Waals surface area contributed by atoms with Gasteiger partial charge in [0.2, 0.25) is 0 Å². The van der Waals surface area contributed by atoms with Crippen molar-refractivity contribution in [2.45, 2.75) is 19.5 Å². The largest absolute Gasteiger partial charge is 0.433 e. The fourth-order valence-corrected chi connectivity index (χ4v) is 3.51. The Hall–Kier alpha value is -3.76. The molecule has 1 aliphatic rings. The molecule has 0 spiro atoms. The molecule has 0 saturated carbocycles. The van der Waals surface area contributed by atoms with E-state index in [9.17, 15) is 18.0 Å². The van der Waals surface area contributed by atoms with Gasteiger partial charge >= 0.3 is 12.2 Å². The highest BCUT2D eigenvalue weighted by Gasteiger charge is 2.33. The maximum Gasteiger partial charge on any atom is 0.433 e. The van der Waals surface area contributed by atoms with Crippen LogP contribution in [0, 0.1) is 0 Å². The predicted octanol–water partition coefficient (Wildman–Crippen LogP) is 4.22. The van der Waals surface area contributed by atoms with Crippen molar-refractivity contribution in [3.8, 4) is 11.3 Å². The Bertz CT molecular complexity index is 1110. The summed E-state index contributed by atoms with van der Waals surface area (Å²) in [6.45, 7) is 3.79. The Balaban J connectivity index is 1.74. The molecular formula is C21H20F3N7O. The lowest BCUT2D eigenvalue weighted by atomic mass is 10.1. The molecule has 0 saturated heterocycles. The van der Waals surface area contributed by atoms with Crippen molar-refractivity contribution in [3.63, 3.8) is 0 Å². The van der Waals surface area contributed by atoms with Crippen LogP contribution in [0.15, 0.2) is 49.1 Å². The molecule has 0 atom stereocenters. The van der Waals surface area contributed by atoms with E-state index >= 15 is 0 Å². The third kappa shape index (κ3) is 4.46. The maximum atomic E-state index is 13.1. The van der Waals surface area contributed by atoms with Gasteiger partial charge in [0.1, 0.15) is 5.69 Å². The number of amides is 2. The number of fused-ring (bicyclic) bond motifs is 1. The number of hydrogen-bond donors (Lipinski definition) is 1. The summed E-state index contributed by atoms with van der Waals surface area (Å²) in [5.74, 6) is 0.657. The number of anilines is 3. The van der Waals surface area contributed by atoms with E-state index in [4.69, 9.17) is 0 Å². The van der Waals surface area contributed by atoms with Gasteiger partial charge in [-0.25, -0.2) is 14.8 Å². The smallest absolute Gasteiger partial charge is 0.369 e. The topological polar surface area (TPSA) is 87.1 Å². The van der Waals surface area contributed by atoms with Crippen LogP contribution in [-0.4, -0.2) is 45.6 Å². The van der Waals surface area contributed by atoms with Gasteiger partial charge in [-0.15, -0.1) is 0 Å². The minimum Gasteiger partial charge on any atom is -0.369 e. The summed E-state index contributed by atoms with van der Waals surface area (Å²) in [4.78, 5) is 32.6. The Morgan fingerprint density at radius 3 is 2.69 bits per heavy atom. The van der Waals surface area contributed by atoms with E-state index in [0.29, 0.717) is 37.6 Å². The molecule has 1 aliphatic heterocycles. The number of aromatic nitrogens is 4. The predicted molar refractivity (Wildman–Crippen MR) is 113 cm³/mol. The molecule has 0 unspecified atom stereocenters. The van der Waals surface area contributed by atoms with Gasteiger partial charge in [0.15, 0.2) is 11.6 Å². The number of urea groups is 1. The number of carbonyl (C=O) groups is 1. The first-order valence-electron chi connectivity index (χ1n) is 10.0. The Kier molecular flexibility index (Phi) is 5.89. The first-order valence-corrected chi connectivity index (χ1v) is 10.0. The number of hydrogen-bond acceptors (Lipinski definition) is 6. The van der Waals surface area contributed by atoms with Crippen molar-refractivity contribution in [2.75, 3.05) is 34.8 Å². The number of alkyl halides is 3.